The zero-order valence-corrected chi connectivity index (χ0v) is 8.80. The van der Waals surface area contributed by atoms with Gasteiger partial charge in [0.05, 0.1) is 13.7 Å². The Labute approximate surface area is 92.9 Å². The lowest BCUT2D eigenvalue weighted by atomic mass is 10.2. The lowest BCUT2D eigenvalue weighted by Crippen LogP contribution is -2.05. The van der Waals surface area contributed by atoms with Gasteiger partial charge in [-0.15, -0.1) is 0 Å². The number of nitrogens with zero attached hydrogens (tertiary/aromatic N) is 1. The smallest absolute Gasteiger partial charge is 0.336 e. The van der Waals surface area contributed by atoms with E-state index in [4.69, 9.17) is 14.2 Å². The van der Waals surface area contributed by atoms with Crippen LogP contribution >= 0.6 is 0 Å². The molecular formula is C11H11NO4. The third-order valence-electron chi connectivity index (χ3n) is 2.17. The van der Waals surface area contributed by atoms with E-state index in [2.05, 4.69) is 11.1 Å². The highest BCUT2D eigenvalue weighted by Gasteiger charge is 2.23. The topological polar surface area (TPSA) is 58.4 Å². The molecule has 5 nitrogen and oxygen atoms in total. The Kier molecular flexibility index (Phi) is 3.13. The second-order valence-electron chi connectivity index (χ2n) is 3.34. The summed E-state index contributed by atoms with van der Waals surface area (Å²) >= 11 is 0. The van der Waals surface area contributed by atoms with Gasteiger partial charge in [-0.2, -0.15) is 0 Å². The Morgan fingerprint density at radius 1 is 1.56 bits per heavy atom. The molecule has 0 amide bonds. The first kappa shape index (κ1) is 10.6. The number of rotatable bonds is 4. The summed E-state index contributed by atoms with van der Waals surface area (Å²) in [5.41, 5.74) is 0.557. The van der Waals surface area contributed by atoms with Crippen LogP contribution in [-0.2, 0) is 4.74 Å². The maximum absolute atomic E-state index is 10.0. The molecule has 1 fully saturated rings. The van der Waals surface area contributed by atoms with Crippen molar-refractivity contribution in [3.8, 4) is 17.6 Å². The predicted molar refractivity (Wildman–Crippen MR) is 57.9 cm³/mol. The van der Waals surface area contributed by atoms with Crippen molar-refractivity contribution in [2.75, 3.05) is 20.3 Å². The molecule has 0 spiro atoms. The highest BCUT2D eigenvalue weighted by Crippen LogP contribution is 2.28. The van der Waals surface area contributed by atoms with Crippen LogP contribution in [0.2, 0.25) is 0 Å². The molecule has 2 rings (SSSR count). The molecule has 0 aromatic heterocycles. The first-order valence-electron chi connectivity index (χ1n) is 4.84. The molecule has 1 aromatic carbocycles. The maximum atomic E-state index is 10.0. The molecule has 0 aliphatic carbocycles. The summed E-state index contributed by atoms with van der Waals surface area (Å²) in [6.07, 6.45) is 0.194. The first-order chi connectivity index (χ1) is 7.83. The van der Waals surface area contributed by atoms with Gasteiger partial charge in [-0.1, -0.05) is 0 Å². The Morgan fingerprint density at radius 2 is 2.38 bits per heavy atom. The van der Waals surface area contributed by atoms with E-state index >= 15 is 0 Å². The second-order valence-corrected chi connectivity index (χ2v) is 3.34. The Bertz CT molecular complexity index is 431. The largest absolute Gasteiger partial charge is 0.498 e. The van der Waals surface area contributed by atoms with Gasteiger partial charge in [0.1, 0.15) is 18.3 Å². The SMILES string of the molecule is COc1cc(C#[N+][O-])ccc1OCC1CO1. The summed E-state index contributed by atoms with van der Waals surface area (Å²) in [5, 5.41) is 12.6. The Hall–Kier alpha value is -1.93. The van der Waals surface area contributed by atoms with Gasteiger partial charge in [0.2, 0.25) is 0 Å². The molecule has 16 heavy (non-hydrogen) atoms. The van der Waals surface area contributed by atoms with Crippen molar-refractivity contribution in [3.63, 3.8) is 0 Å². The Morgan fingerprint density at radius 3 is 3.00 bits per heavy atom. The molecule has 84 valence electrons. The van der Waals surface area contributed by atoms with E-state index < -0.39 is 0 Å². The van der Waals surface area contributed by atoms with Crippen LogP contribution in [0.4, 0.5) is 0 Å². The molecule has 0 radical (unpaired) electrons. The molecule has 1 heterocycles. The van der Waals surface area contributed by atoms with Gasteiger partial charge in [-0.25, -0.2) is 0 Å². The van der Waals surface area contributed by atoms with E-state index in [9.17, 15) is 5.21 Å². The minimum absolute atomic E-state index is 0.194. The zero-order valence-electron chi connectivity index (χ0n) is 8.80. The molecule has 1 aliphatic heterocycles. The third kappa shape index (κ3) is 2.55. The summed E-state index contributed by atoms with van der Waals surface area (Å²) in [6, 6.07) is 7.34. The predicted octanol–water partition coefficient (Wildman–Crippen LogP) is 1.65. The normalized spacial score (nSPS) is 17.2. The molecule has 1 saturated heterocycles. The van der Waals surface area contributed by atoms with Crippen LogP contribution in [0.25, 0.3) is 5.01 Å². The maximum Gasteiger partial charge on any atom is 0.336 e. The van der Waals surface area contributed by atoms with E-state index in [1.54, 1.807) is 18.2 Å². The second kappa shape index (κ2) is 4.73. The van der Waals surface area contributed by atoms with Crippen LogP contribution in [0.1, 0.15) is 5.56 Å². The lowest BCUT2D eigenvalue weighted by molar-refractivity contribution is 0.252. The van der Waals surface area contributed by atoms with E-state index in [1.165, 1.54) is 7.11 Å². The van der Waals surface area contributed by atoms with E-state index in [1.807, 2.05) is 0 Å². The van der Waals surface area contributed by atoms with Gasteiger partial charge in [-0.05, 0) is 12.1 Å². The van der Waals surface area contributed by atoms with Crippen molar-refractivity contribution in [2.45, 2.75) is 6.10 Å². The van der Waals surface area contributed by atoms with Crippen molar-refractivity contribution in [3.05, 3.63) is 34.0 Å². The van der Waals surface area contributed by atoms with E-state index in [0.717, 1.165) is 6.61 Å². The molecule has 1 atom stereocenters. The number of epoxide rings is 1. The van der Waals surface area contributed by atoms with E-state index in [-0.39, 0.29) is 6.10 Å². The molecule has 5 heteroatoms. The summed E-state index contributed by atoms with van der Waals surface area (Å²) in [5.74, 6) is 1.17. The highest BCUT2D eigenvalue weighted by atomic mass is 16.6. The van der Waals surface area contributed by atoms with E-state index in [0.29, 0.717) is 23.7 Å². The fraction of sp³-hybridized carbons (Fsp3) is 0.364. The monoisotopic (exact) mass is 221 g/mol. The van der Waals surface area contributed by atoms with Gasteiger partial charge in [0, 0.05) is 11.1 Å². The average Bonchev–Trinajstić information content (AvgIpc) is 3.11. The van der Waals surface area contributed by atoms with Gasteiger partial charge in [0.15, 0.2) is 11.5 Å². The summed E-state index contributed by atoms with van der Waals surface area (Å²) < 4.78 is 15.7. The number of hydrogen-bond acceptors (Lipinski definition) is 4. The van der Waals surface area contributed by atoms with Gasteiger partial charge in [0.25, 0.3) is 0 Å². The van der Waals surface area contributed by atoms with Gasteiger partial charge >= 0.3 is 6.07 Å². The van der Waals surface area contributed by atoms with Crippen LogP contribution in [0.5, 0.6) is 11.5 Å². The molecular weight excluding hydrogens is 210 g/mol. The summed E-state index contributed by atoms with van der Waals surface area (Å²) in [4.78, 5) is 0. The first-order valence-corrected chi connectivity index (χ1v) is 4.84. The van der Waals surface area contributed by atoms with Crippen molar-refractivity contribution in [2.24, 2.45) is 0 Å². The highest BCUT2D eigenvalue weighted by molar-refractivity contribution is 5.47. The number of ether oxygens (including phenoxy) is 3. The molecule has 1 aliphatic rings. The van der Waals surface area contributed by atoms with Crippen LogP contribution in [0.3, 0.4) is 0 Å². The van der Waals surface area contributed by atoms with Crippen LogP contribution in [0.15, 0.2) is 18.2 Å². The van der Waals surface area contributed by atoms with Crippen molar-refractivity contribution < 1.29 is 14.2 Å². The van der Waals surface area contributed by atoms with Crippen molar-refractivity contribution in [1.82, 2.24) is 0 Å². The third-order valence-corrected chi connectivity index (χ3v) is 2.17. The summed E-state index contributed by atoms with van der Waals surface area (Å²) in [6.45, 7) is 1.26. The fourth-order valence-corrected chi connectivity index (χ4v) is 1.26. The fourth-order valence-electron chi connectivity index (χ4n) is 1.26. The zero-order chi connectivity index (χ0) is 11.4. The number of hydrogen-bond donors (Lipinski definition) is 0. The molecule has 0 bridgehead atoms. The standard InChI is InChI=1S/C11H11NO4/c1-14-11-4-8(5-12-13)2-3-10(11)16-7-9-6-15-9/h2-4,9H,6-7H2,1H3. The minimum Gasteiger partial charge on any atom is -0.498 e. The van der Waals surface area contributed by atoms with Crippen molar-refractivity contribution in [1.29, 1.82) is 0 Å². The summed E-state index contributed by atoms with van der Waals surface area (Å²) in [7, 11) is 1.54. The molecule has 0 N–H and O–H groups in total. The molecule has 1 aromatic rings. The van der Waals surface area contributed by atoms with Crippen molar-refractivity contribution >= 4 is 0 Å². The van der Waals surface area contributed by atoms with Gasteiger partial charge < -0.3 is 19.4 Å². The lowest BCUT2D eigenvalue weighted by Gasteiger charge is -2.08. The van der Waals surface area contributed by atoms with Crippen LogP contribution < -0.4 is 9.47 Å². The van der Waals surface area contributed by atoms with Gasteiger partial charge in [-0.3, -0.25) is 0 Å². The minimum atomic E-state index is 0.194. The Balaban J connectivity index is 2.11. The number of methoxy groups -OCH3 is 1. The number of benzene rings is 1. The quantitative estimate of drug-likeness (QED) is 0.573. The van der Waals surface area contributed by atoms with Crippen LogP contribution in [-0.4, -0.2) is 26.4 Å². The average molecular weight is 221 g/mol. The van der Waals surface area contributed by atoms with Crippen LogP contribution in [0, 0.1) is 11.3 Å². The molecule has 1 unspecified atom stereocenters. The molecule has 0 saturated carbocycles.